The molecule has 0 aliphatic heterocycles. The number of ether oxygens (including phenoxy) is 1. The summed E-state index contributed by atoms with van der Waals surface area (Å²) in [6, 6.07) is 4.77. The lowest BCUT2D eigenvalue weighted by Gasteiger charge is -2.09. The Hall–Kier alpha value is -1.12. The summed E-state index contributed by atoms with van der Waals surface area (Å²) in [6.45, 7) is 0.0739. The van der Waals surface area contributed by atoms with E-state index in [0.29, 0.717) is 10.2 Å². The van der Waals surface area contributed by atoms with Crippen LogP contribution in [0.1, 0.15) is 19.3 Å². The number of nitrogens with one attached hydrogen (secondary N) is 2. The fourth-order valence-electron chi connectivity index (χ4n) is 1.72. The number of carbonyl (C=O) groups is 1. The molecule has 6 nitrogen and oxygen atoms in total. The summed E-state index contributed by atoms with van der Waals surface area (Å²) in [6.07, 6.45) is 2.15. The molecule has 0 radical (unpaired) electrons. The Morgan fingerprint density at radius 3 is 2.71 bits per heavy atom. The quantitative estimate of drug-likeness (QED) is 0.753. The Kier molecular flexibility index (Phi) is 5.23. The molecule has 21 heavy (non-hydrogen) atoms. The molecule has 0 saturated heterocycles. The van der Waals surface area contributed by atoms with Crippen LogP contribution in [-0.2, 0) is 14.8 Å². The second-order valence-electron chi connectivity index (χ2n) is 4.79. The van der Waals surface area contributed by atoms with Crippen LogP contribution in [0.25, 0.3) is 0 Å². The van der Waals surface area contributed by atoms with Crippen molar-refractivity contribution >= 4 is 31.9 Å². The minimum absolute atomic E-state index is 0.0739. The molecule has 0 atom stereocenters. The summed E-state index contributed by atoms with van der Waals surface area (Å²) < 4.78 is 32.2. The Morgan fingerprint density at radius 1 is 1.43 bits per heavy atom. The van der Waals surface area contributed by atoms with Gasteiger partial charge in [-0.3, -0.25) is 4.79 Å². The zero-order valence-electron chi connectivity index (χ0n) is 11.6. The Balaban J connectivity index is 1.91. The molecule has 116 valence electrons. The van der Waals surface area contributed by atoms with E-state index in [4.69, 9.17) is 4.74 Å². The first-order chi connectivity index (χ1) is 9.92. The maximum Gasteiger partial charge on any atom is 0.240 e. The van der Waals surface area contributed by atoms with Crippen LogP contribution < -0.4 is 14.8 Å². The molecule has 1 aromatic carbocycles. The van der Waals surface area contributed by atoms with Gasteiger partial charge in [0.2, 0.25) is 15.9 Å². The smallest absolute Gasteiger partial charge is 0.240 e. The zero-order valence-corrected chi connectivity index (χ0v) is 14.0. The number of amides is 1. The van der Waals surface area contributed by atoms with E-state index < -0.39 is 10.0 Å². The van der Waals surface area contributed by atoms with Gasteiger partial charge in [-0.1, -0.05) is 0 Å². The molecule has 1 fully saturated rings. The monoisotopic (exact) mass is 376 g/mol. The Labute approximate surface area is 132 Å². The molecule has 1 aromatic rings. The molecule has 1 aliphatic carbocycles. The van der Waals surface area contributed by atoms with Crippen LogP contribution >= 0.6 is 15.9 Å². The normalized spacial score (nSPS) is 14.8. The van der Waals surface area contributed by atoms with E-state index in [0.717, 1.165) is 12.8 Å². The lowest BCUT2D eigenvalue weighted by atomic mass is 10.3. The van der Waals surface area contributed by atoms with Gasteiger partial charge < -0.3 is 10.1 Å². The molecular weight excluding hydrogens is 360 g/mol. The van der Waals surface area contributed by atoms with E-state index in [1.54, 1.807) is 6.07 Å². The van der Waals surface area contributed by atoms with E-state index >= 15 is 0 Å². The molecule has 2 N–H and O–H groups in total. The van der Waals surface area contributed by atoms with Gasteiger partial charge in [0.05, 0.1) is 16.5 Å². The predicted octanol–water partition coefficient (Wildman–Crippen LogP) is 1.40. The van der Waals surface area contributed by atoms with Gasteiger partial charge in [0, 0.05) is 19.0 Å². The van der Waals surface area contributed by atoms with Crippen LogP contribution in [0.5, 0.6) is 5.75 Å². The summed E-state index contributed by atoms with van der Waals surface area (Å²) in [5.74, 6) is 0.425. The van der Waals surface area contributed by atoms with Crippen LogP contribution in [0, 0.1) is 0 Å². The molecule has 1 saturated carbocycles. The van der Waals surface area contributed by atoms with E-state index in [-0.39, 0.29) is 29.8 Å². The van der Waals surface area contributed by atoms with Crippen molar-refractivity contribution in [3.63, 3.8) is 0 Å². The van der Waals surface area contributed by atoms with Gasteiger partial charge in [-0.2, -0.15) is 0 Å². The summed E-state index contributed by atoms with van der Waals surface area (Å²) in [5.41, 5.74) is 0. The van der Waals surface area contributed by atoms with Crippen LogP contribution in [-0.4, -0.2) is 34.0 Å². The number of rotatable bonds is 7. The van der Waals surface area contributed by atoms with Crippen molar-refractivity contribution in [1.29, 1.82) is 0 Å². The molecule has 0 bridgehead atoms. The van der Waals surface area contributed by atoms with Gasteiger partial charge in [-0.25, -0.2) is 13.1 Å². The highest BCUT2D eigenvalue weighted by Gasteiger charge is 2.23. The number of benzene rings is 1. The second kappa shape index (κ2) is 6.76. The average Bonchev–Trinajstić information content (AvgIpc) is 3.22. The van der Waals surface area contributed by atoms with Crippen molar-refractivity contribution in [3.05, 3.63) is 22.7 Å². The predicted molar refractivity (Wildman–Crippen MR) is 81.7 cm³/mol. The molecule has 2 rings (SSSR count). The maximum absolute atomic E-state index is 12.1. The highest BCUT2D eigenvalue weighted by Crippen LogP contribution is 2.27. The van der Waals surface area contributed by atoms with Gasteiger partial charge in [0.25, 0.3) is 0 Å². The van der Waals surface area contributed by atoms with Crippen molar-refractivity contribution < 1.29 is 17.9 Å². The van der Waals surface area contributed by atoms with Crippen molar-refractivity contribution in [1.82, 2.24) is 10.0 Å². The largest absolute Gasteiger partial charge is 0.496 e. The van der Waals surface area contributed by atoms with Gasteiger partial charge in [0.15, 0.2) is 0 Å². The van der Waals surface area contributed by atoms with Crippen molar-refractivity contribution in [3.8, 4) is 5.75 Å². The Bertz CT molecular complexity index is 629. The van der Waals surface area contributed by atoms with Gasteiger partial charge in [0.1, 0.15) is 5.75 Å². The van der Waals surface area contributed by atoms with Crippen molar-refractivity contribution in [2.75, 3.05) is 13.7 Å². The lowest BCUT2D eigenvalue weighted by Crippen LogP contribution is -2.31. The average molecular weight is 377 g/mol. The van der Waals surface area contributed by atoms with E-state index in [1.807, 2.05) is 0 Å². The van der Waals surface area contributed by atoms with Crippen LogP contribution in [0.4, 0.5) is 0 Å². The number of hydrogen-bond acceptors (Lipinski definition) is 4. The summed E-state index contributed by atoms with van der Waals surface area (Å²) in [5, 5.41) is 2.81. The number of halogens is 1. The standard InChI is InChI=1S/C13H17BrN2O4S/c1-20-12-5-4-10(8-11(12)14)21(18,19)15-7-6-13(17)16-9-2-3-9/h4-5,8-9,15H,2-3,6-7H2,1H3,(H,16,17). The summed E-state index contributed by atoms with van der Waals surface area (Å²) in [7, 11) is -2.13. The number of hydrogen-bond donors (Lipinski definition) is 2. The number of methoxy groups -OCH3 is 1. The van der Waals surface area contributed by atoms with Crippen LogP contribution in [0.15, 0.2) is 27.6 Å². The lowest BCUT2D eigenvalue weighted by molar-refractivity contribution is -0.121. The first kappa shape index (κ1) is 16.3. The molecule has 8 heteroatoms. The first-order valence-corrected chi connectivity index (χ1v) is 8.82. The van der Waals surface area contributed by atoms with Crippen molar-refractivity contribution in [2.45, 2.75) is 30.2 Å². The van der Waals surface area contributed by atoms with Gasteiger partial charge in [-0.05, 0) is 47.0 Å². The van der Waals surface area contributed by atoms with Crippen molar-refractivity contribution in [2.24, 2.45) is 0 Å². The third kappa shape index (κ3) is 4.69. The first-order valence-electron chi connectivity index (χ1n) is 6.55. The highest BCUT2D eigenvalue weighted by molar-refractivity contribution is 9.10. The topological polar surface area (TPSA) is 84.5 Å². The van der Waals surface area contributed by atoms with Crippen LogP contribution in [0.3, 0.4) is 0 Å². The fourth-order valence-corrected chi connectivity index (χ4v) is 3.47. The fraction of sp³-hybridized carbons (Fsp3) is 0.462. The van der Waals surface area contributed by atoms with Gasteiger partial charge >= 0.3 is 0 Å². The minimum Gasteiger partial charge on any atom is -0.496 e. The van der Waals surface area contributed by atoms with E-state index in [9.17, 15) is 13.2 Å². The summed E-state index contributed by atoms with van der Waals surface area (Å²) >= 11 is 3.24. The third-order valence-corrected chi connectivity index (χ3v) is 5.10. The molecule has 0 aromatic heterocycles. The number of sulfonamides is 1. The molecule has 0 heterocycles. The maximum atomic E-state index is 12.1. The molecule has 1 amide bonds. The Morgan fingerprint density at radius 2 is 2.14 bits per heavy atom. The molecule has 1 aliphatic rings. The molecule has 0 unspecified atom stereocenters. The SMILES string of the molecule is COc1ccc(S(=O)(=O)NCCC(=O)NC2CC2)cc1Br. The van der Waals surface area contributed by atoms with E-state index in [2.05, 4.69) is 26.0 Å². The minimum atomic E-state index is -3.63. The highest BCUT2D eigenvalue weighted by atomic mass is 79.9. The number of carbonyl (C=O) groups excluding carboxylic acids is 1. The third-order valence-electron chi connectivity index (χ3n) is 3.02. The van der Waals surface area contributed by atoms with E-state index in [1.165, 1.54) is 19.2 Å². The van der Waals surface area contributed by atoms with Crippen LogP contribution in [0.2, 0.25) is 0 Å². The zero-order chi connectivity index (χ0) is 15.5. The van der Waals surface area contributed by atoms with Gasteiger partial charge in [-0.15, -0.1) is 0 Å². The molecular formula is C13H17BrN2O4S. The second-order valence-corrected chi connectivity index (χ2v) is 7.41. The summed E-state index contributed by atoms with van der Waals surface area (Å²) in [4.78, 5) is 11.6. The molecule has 0 spiro atoms.